The van der Waals surface area contributed by atoms with E-state index in [1.807, 2.05) is 31.2 Å². The Hall–Kier alpha value is -2.54. The molecule has 2 aromatic carbocycles. The van der Waals surface area contributed by atoms with Crippen molar-refractivity contribution in [2.45, 2.75) is 19.9 Å². The molecule has 2 aromatic rings. The van der Waals surface area contributed by atoms with Gasteiger partial charge in [0.1, 0.15) is 0 Å². The van der Waals surface area contributed by atoms with Crippen molar-refractivity contribution in [2.24, 2.45) is 4.99 Å². The van der Waals surface area contributed by atoms with Gasteiger partial charge in [0.15, 0.2) is 5.96 Å². The average Bonchev–Trinajstić information content (AvgIpc) is 3.01. The van der Waals surface area contributed by atoms with Crippen LogP contribution in [0.4, 0.5) is 11.4 Å². The van der Waals surface area contributed by atoms with Gasteiger partial charge in [-0.2, -0.15) is 0 Å². The van der Waals surface area contributed by atoms with Crippen molar-refractivity contribution in [3.05, 3.63) is 59.7 Å². The Bertz CT molecular complexity index is 909. The van der Waals surface area contributed by atoms with Gasteiger partial charge in [0.2, 0.25) is 10.0 Å². The van der Waals surface area contributed by atoms with Crippen molar-refractivity contribution < 1.29 is 8.42 Å². The zero-order valence-corrected chi connectivity index (χ0v) is 15.9. The predicted octanol–water partition coefficient (Wildman–Crippen LogP) is 2.59. The Morgan fingerprint density at radius 3 is 2.77 bits per heavy atom. The first-order chi connectivity index (χ1) is 12.5. The summed E-state index contributed by atoms with van der Waals surface area (Å²) in [5.74, 6) is 0.846. The summed E-state index contributed by atoms with van der Waals surface area (Å²) >= 11 is 0. The van der Waals surface area contributed by atoms with Gasteiger partial charge in [-0.1, -0.05) is 30.3 Å². The first kappa shape index (κ1) is 18.3. The number of sulfonamides is 1. The van der Waals surface area contributed by atoms with E-state index in [0.29, 0.717) is 12.2 Å². The fourth-order valence-electron chi connectivity index (χ4n) is 3.07. The number of nitrogens with one attached hydrogen (secondary N) is 2. The Morgan fingerprint density at radius 2 is 2.00 bits per heavy atom. The van der Waals surface area contributed by atoms with E-state index in [-0.39, 0.29) is 0 Å². The molecule has 3 rings (SSSR count). The number of hydrogen-bond donors (Lipinski definition) is 2. The van der Waals surface area contributed by atoms with E-state index in [2.05, 4.69) is 33.1 Å². The summed E-state index contributed by atoms with van der Waals surface area (Å²) < 4.78 is 25.3. The number of nitrogens with zero attached hydrogens (tertiary/aromatic N) is 2. The van der Waals surface area contributed by atoms with Gasteiger partial charge in [0, 0.05) is 24.5 Å². The maximum Gasteiger partial charge on any atom is 0.229 e. The Morgan fingerprint density at radius 1 is 1.19 bits per heavy atom. The van der Waals surface area contributed by atoms with Crippen molar-refractivity contribution >= 4 is 27.4 Å². The van der Waals surface area contributed by atoms with E-state index in [1.54, 1.807) is 6.07 Å². The van der Waals surface area contributed by atoms with Crippen LogP contribution in [0.25, 0.3) is 0 Å². The molecule has 0 radical (unpaired) electrons. The van der Waals surface area contributed by atoms with Gasteiger partial charge in [-0.15, -0.1) is 0 Å². The van der Waals surface area contributed by atoms with Crippen LogP contribution < -0.4 is 14.9 Å². The molecule has 138 valence electrons. The molecule has 26 heavy (non-hydrogen) atoms. The molecule has 0 unspecified atom stereocenters. The van der Waals surface area contributed by atoms with Crippen LogP contribution in [-0.4, -0.2) is 33.7 Å². The lowest BCUT2D eigenvalue weighted by Gasteiger charge is -2.22. The average molecular weight is 372 g/mol. The number of benzene rings is 2. The normalized spacial score (nSPS) is 14.2. The summed E-state index contributed by atoms with van der Waals surface area (Å²) in [5.41, 5.74) is 4.02. The van der Waals surface area contributed by atoms with Crippen molar-refractivity contribution in [3.63, 3.8) is 0 Å². The van der Waals surface area contributed by atoms with Crippen molar-refractivity contribution in [3.8, 4) is 0 Å². The van der Waals surface area contributed by atoms with Gasteiger partial charge in [0.25, 0.3) is 0 Å². The highest BCUT2D eigenvalue weighted by Gasteiger charge is 2.22. The Balaban J connectivity index is 1.80. The van der Waals surface area contributed by atoms with E-state index in [4.69, 9.17) is 4.99 Å². The van der Waals surface area contributed by atoms with Gasteiger partial charge >= 0.3 is 0 Å². The highest BCUT2D eigenvalue weighted by atomic mass is 32.2. The topological polar surface area (TPSA) is 73.8 Å². The van der Waals surface area contributed by atoms with E-state index >= 15 is 0 Å². The molecular formula is C19H24N4O2S. The van der Waals surface area contributed by atoms with Crippen LogP contribution in [0.2, 0.25) is 0 Å². The molecule has 0 amide bonds. The molecule has 2 N–H and O–H groups in total. The second kappa shape index (κ2) is 7.78. The van der Waals surface area contributed by atoms with Crippen LogP contribution in [0.15, 0.2) is 53.5 Å². The van der Waals surface area contributed by atoms with Crippen LogP contribution in [-0.2, 0) is 23.0 Å². The van der Waals surface area contributed by atoms with Crippen LogP contribution in [0.3, 0.4) is 0 Å². The van der Waals surface area contributed by atoms with Crippen molar-refractivity contribution in [1.82, 2.24) is 5.32 Å². The van der Waals surface area contributed by atoms with E-state index in [0.717, 1.165) is 37.3 Å². The minimum atomic E-state index is -3.29. The van der Waals surface area contributed by atoms with Gasteiger partial charge in [0.05, 0.1) is 12.8 Å². The Kier molecular flexibility index (Phi) is 5.46. The molecule has 1 aliphatic rings. The molecule has 0 saturated heterocycles. The number of anilines is 2. The molecule has 0 bridgehead atoms. The largest absolute Gasteiger partial charge is 0.356 e. The molecule has 0 spiro atoms. The molecule has 0 aliphatic carbocycles. The third-order valence-corrected chi connectivity index (χ3v) is 4.73. The molecule has 6 nitrogen and oxygen atoms in total. The maximum absolute atomic E-state index is 11.4. The quantitative estimate of drug-likeness (QED) is 0.625. The smallest absolute Gasteiger partial charge is 0.229 e. The van der Waals surface area contributed by atoms with E-state index < -0.39 is 10.0 Å². The molecular weight excluding hydrogens is 348 g/mol. The summed E-state index contributed by atoms with van der Waals surface area (Å²) in [7, 11) is -3.29. The zero-order chi connectivity index (χ0) is 18.6. The standard InChI is InChI=1S/C19H24N4O2S/c1-3-20-19(23-12-11-16-8-4-5-10-18(16)23)21-14-15-7-6-9-17(13-15)22-26(2,24)25/h4-10,13,22H,3,11-12,14H2,1-2H3,(H,20,21). The van der Waals surface area contributed by atoms with E-state index in [1.165, 1.54) is 11.3 Å². The first-order valence-electron chi connectivity index (χ1n) is 8.67. The molecule has 7 heteroatoms. The van der Waals surface area contributed by atoms with Gasteiger partial charge in [-0.3, -0.25) is 4.72 Å². The van der Waals surface area contributed by atoms with Gasteiger partial charge < -0.3 is 10.2 Å². The van der Waals surface area contributed by atoms with Crippen molar-refractivity contribution in [1.29, 1.82) is 0 Å². The third kappa shape index (κ3) is 4.54. The predicted molar refractivity (Wildman–Crippen MR) is 107 cm³/mol. The summed E-state index contributed by atoms with van der Waals surface area (Å²) in [5, 5.41) is 3.35. The lowest BCUT2D eigenvalue weighted by Crippen LogP contribution is -2.40. The number of rotatable bonds is 5. The zero-order valence-electron chi connectivity index (χ0n) is 15.1. The highest BCUT2D eigenvalue weighted by Crippen LogP contribution is 2.27. The van der Waals surface area contributed by atoms with E-state index in [9.17, 15) is 8.42 Å². The number of para-hydroxylation sites is 1. The fraction of sp³-hybridized carbons (Fsp3) is 0.316. The number of aliphatic imine (C=N–C) groups is 1. The second-order valence-electron chi connectivity index (χ2n) is 6.28. The third-order valence-electron chi connectivity index (χ3n) is 4.12. The number of guanidine groups is 1. The summed E-state index contributed by atoms with van der Waals surface area (Å²) in [4.78, 5) is 6.96. The molecule has 1 heterocycles. The van der Waals surface area contributed by atoms with Gasteiger partial charge in [-0.05, 0) is 42.7 Å². The molecule has 0 fully saturated rings. The number of hydrogen-bond acceptors (Lipinski definition) is 3. The second-order valence-corrected chi connectivity index (χ2v) is 8.02. The monoisotopic (exact) mass is 372 g/mol. The molecule has 1 aliphatic heterocycles. The van der Waals surface area contributed by atoms with Gasteiger partial charge in [-0.25, -0.2) is 13.4 Å². The summed E-state index contributed by atoms with van der Waals surface area (Å²) in [6, 6.07) is 15.7. The molecule has 0 aromatic heterocycles. The highest BCUT2D eigenvalue weighted by molar-refractivity contribution is 7.92. The Labute approximate surface area is 155 Å². The van der Waals surface area contributed by atoms with Crippen LogP contribution >= 0.6 is 0 Å². The lowest BCUT2D eigenvalue weighted by atomic mass is 10.2. The molecule has 0 saturated carbocycles. The minimum absolute atomic E-state index is 0.473. The fourth-order valence-corrected chi connectivity index (χ4v) is 3.62. The SMILES string of the molecule is CCNC(=NCc1cccc(NS(C)(=O)=O)c1)N1CCc2ccccc21. The summed E-state index contributed by atoms with van der Waals surface area (Å²) in [6.07, 6.45) is 2.15. The van der Waals surface area contributed by atoms with Crippen LogP contribution in [0.5, 0.6) is 0 Å². The lowest BCUT2D eigenvalue weighted by molar-refractivity contribution is 0.607. The van der Waals surface area contributed by atoms with Crippen LogP contribution in [0, 0.1) is 0 Å². The minimum Gasteiger partial charge on any atom is -0.356 e. The molecule has 0 atom stereocenters. The first-order valence-corrected chi connectivity index (χ1v) is 10.6. The van der Waals surface area contributed by atoms with Crippen molar-refractivity contribution in [2.75, 3.05) is 29.0 Å². The maximum atomic E-state index is 11.4. The number of fused-ring (bicyclic) bond motifs is 1. The van der Waals surface area contributed by atoms with Crippen LogP contribution in [0.1, 0.15) is 18.1 Å². The summed E-state index contributed by atoms with van der Waals surface area (Å²) in [6.45, 7) is 4.21.